The number of nitrogens with zero attached hydrogens (tertiary/aromatic N) is 1. The number of amides is 2. The molecule has 232 valence electrons. The van der Waals surface area contributed by atoms with Crippen LogP contribution in [-0.4, -0.2) is 71.8 Å². The fourth-order valence-corrected chi connectivity index (χ4v) is 6.34. The van der Waals surface area contributed by atoms with Gasteiger partial charge in [-0.15, -0.1) is 0 Å². The van der Waals surface area contributed by atoms with Gasteiger partial charge < -0.3 is 29.2 Å². The molecule has 1 aliphatic carbocycles. The Morgan fingerprint density at radius 2 is 1.95 bits per heavy atom. The standard InChI is InChI=1S/C31H38N2O8S2/c1-6-7-19-12-18(2)24(13-19)33(3)30(36)27(43-17-42)15-21-9-11-25(41-21)20-8-10-26(39-4)22(14-20)29(35)32-23(31(37)38)16-28(34)40-5/h8-11,14-15,17-19,23-24H,6-7,12-13,16H2,1-5H3,(H,32,35)(H,37,38)/b27-15-. The Kier molecular flexibility index (Phi) is 12.4. The van der Waals surface area contributed by atoms with E-state index in [2.05, 4.69) is 23.9 Å². The van der Waals surface area contributed by atoms with Gasteiger partial charge in [-0.3, -0.25) is 14.4 Å². The lowest BCUT2D eigenvalue weighted by Gasteiger charge is -2.28. The molecule has 4 atom stereocenters. The first kappa shape index (κ1) is 33.9. The summed E-state index contributed by atoms with van der Waals surface area (Å²) in [7, 11) is 4.35. The van der Waals surface area contributed by atoms with Crippen LogP contribution in [0, 0.1) is 11.8 Å². The molecular formula is C31H38N2O8S2. The molecule has 1 heterocycles. The number of hydrogen-bond donors (Lipinski definition) is 2. The second-order valence-electron chi connectivity index (χ2n) is 10.6. The van der Waals surface area contributed by atoms with Crippen molar-refractivity contribution < 1.29 is 38.2 Å². The average molecular weight is 631 g/mol. The van der Waals surface area contributed by atoms with Gasteiger partial charge in [-0.1, -0.05) is 50.7 Å². The van der Waals surface area contributed by atoms with Gasteiger partial charge >= 0.3 is 11.9 Å². The number of thioether (sulfide) groups is 1. The molecule has 0 spiro atoms. The molecule has 1 aliphatic rings. The van der Waals surface area contributed by atoms with Crippen LogP contribution in [0.3, 0.4) is 0 Å². The van der Waals surface area contributed by atoms with E-state index in [0.29, 0.717) is 33.8 Å². The van der Waals surface area contributed by atoms with Gasteiger partial charge in [-0.25, -0.2) is 4.79 Å². The van der Waals surface area contributed by atoms with Crippen LogP contribution < -0.4 is 10.1 Å². The first-order chi connectivity index (χ1) is 20.5. The lowest BCUT2D eigenvalue weighted by molar-refractivity contribution is -0.147. The average Bonchev–Trinajstić information content (AvgIpc) is 3.61. The topological polar surface area (TPSA) is 135 Å². The smallest absolute Gasteiger partial charge is 0.326 e. The quantitative estimate of drug-likeness (QED) is 0.159. The number of rotatable bonds is 14. The molecule has 10 nitrogen and oxygen atoms in total. The number of carboxylic acids is 1. The second-order valence-corrected chi connectivity index (χ2v) is 12.0. The van der Waals surface area contributed by atoms with Crippen molar-refractivity contribution in [2.75, 3.05) is 21.3 Å². The van der Waals surface area contributed by atoms with E-state index in [4.69, 9.17) is 21.4 Å². The highest BCUT2D eigenvalue weighted by Crippen LogP contribution is 2.38. The van der Waals surface area contributed by atoms with Crippen molar-refractivity contribution in [3.63, 3.8) is 0 Å². The van der Waals surface area contributed by atoms with Gasteiger partial charge in [0.15, 0.2) is 0 Å². The normalized spacial score (nSPS) is 18.9. The van der Waals surface area contributed by atoms with Crippen LogP contribution in [0.15, 0.2) is 39.7 Å². The molecule has 0 radical (unpaired) electrons. The zero-order chi connectivity index (χ0) is 31.7. The zero-order valence-corrected chi connectivity index (χ0v) is 26.6. The van der Waals surface area contributed by atoms with E-state index >= 15 is 0 Å². The lowest BCUT2D eigenvalue weighted by Crippen LogP contribution is -2.42. The van der Waals surface area contributed by atoms with Crippen molar-refractivity contribution in [2.45, 2.75) is 58.0 Å². The number of carbonyl (C=O) groups is 4. The molecule has 4 unspecified atom stereocenters. The molecule has 0 aliphatic heterocycles. The Labute approximate surface area is 261 Å². The SMILES string of the molecule is CCCC1CC(C)C(N(C)C(=O)/C(=C/c2ccc(-c3ccc(OC)c(C(=O)NC(CC(=O)OC)C(=O)O)c3)o2)SC=S)C1. The Morgan fingerprint density at radius 1 is 1.21 bits per heavy atom. The molecule has 1 fully saturated rings. The molecular weight excluding hydrogens is 592 g/mol. The van der Waals surface area contributed by atoms with E-state index in [9.17, 15) is 24.3 Å². The monoisotopic (exact) mass is 630 g/mol. The fourth-order valence-electron chi connectivity index (χ4n) is 5.50. The minimum atomic E-state index is -1.49. The van der Waals surface area contributed by atoms with Crippen LogP contribution in [0.1, 0.15) is 62.1 Å². The van der Waals surface area contributed by atoms with Crippen molar-refractivity contribution in [3.8, 4) is 17.1 Å². The van der Waals surface area contributed by atoms with Crippen molar-refractivity contribution in [2.24, 2.45) is 11.8 Å². The van der Waals surface area contributed by atoms with Crippen molar-refractivity contribution in [1.29, 1.82) is 0 Å². The molecule has 12 heteroatoms. The molecule has 2 aromatic rings. The summed E-state index contributed by atoms with van der Waals surface area (Å²) in [5.74, 6) is -0.977. The number of esters is 1. The summed E-state index contributed by atoms with van der Waals surface area (Å²) in [5.41, 5.74) is 0.560. The Balaban J connectivity index is 1.84. The van der Waals surface area contributed by atoms with Gasteiger partial charge in [-0.05, 0) is 55.0 Å². The van der Waals surface area contributed by atoms with Gasteiger partial charge in [0.25, 0.3) is 11.8 Å². The van der Waals surface area contributed by atoms with Crippen LogP contribution in [0.2, 0.25) is 0 Å². The highest BCUT2D eigenvalue weighted by Gasteiger charge is 2.36. The predicted octanol–water partition coefficient (Wildman–Crippen LogP) is 5.41. The number of carbonyl (C=O) groups excluding carboxylic acids is 3. The third-order valence-electron chi connectivity index (χ3n) is 7.67. The van der Waals surface area contributed by atoms with Gasteiger partial charge in [-0.2, -0.15) is 0 Å². The number of methoxy groups -OCH3 is 2. The number of carboxylic acid groups (broad SMARTS) is 1. The van der Waals surface area contributed by atoms with Crippen LogP contribution in [0.25, 0.3) is 17.4 Å². The summed E-state index contributed by atoms with van der Waals surface area (Å²) >= 11 is 6.22. The van der Waals surface area contributed by atoms with Crippen molar-refractivity contribution in [3.05, 3.63) is 46.6 Å². The van der Waals surface area contributed by atoms with E-state index < -0.39 is 30.3 Å². The molecule has 3 rings (SSSR count). The molecule has 1 aromatic carbocycles. The highest BCUT2D eigenvalue weighted by molar-refractivity contribution is 8.24. The third-order valence-corrected chi connectivity index (χ3v) is 8.60. The summed E-state index contributed by atoms with van der Waals surface area (Å²) in [6.45, 7) is 4.38. The summed E-state index contributed by atoms with van der Waals surface area (Å²) in [4.78, 5) is 52.0. The van der Waals surface area contributed by atoms with E-state index in [1.807, 2.05) is 11.9 Å². The van der Waals surface area contributed by atoms with Crippen LogP contribution in [0.5, 0.6) is 5.75 Å². The number of ether oxygens (including phenoxy) is 2. The van der Waals surface area contributed by atoms with E-state index in [1.54, 1.807) is 30.3 Å². The summed E-state index contributed by atoms with van der Waals surface area (Å²) in [6, 6.07) is 6.81. The molecule has 2 amide bonds. The number of benzene rings is 1. The van der Waals surface area contributed by atoms with Gasteiger partial charge in [0.05, 0.1) is 31.1 Å². The van der Waals surface area contributed by atoms with Gasteiger partial charge in [0.2, 0.25) is 0 Å². The minimum Gasteiger partial charge on any atom is -0.496 e. The number of thiocarbonyl (C=S) groups is 1. The molecule has 1 saturated carbocycles. The largest absolute Gasteiger partial charge is 0.496 e. The van der Waals surface area contributed by atoms with Crippen LogP contribution in [-0.2, 0) is 19.1 Å². The maximum Gasteiger partial charge on any atom is 0.326 e. The number of hydrogen-bond acceptors (Lipinski definition) is 9. The highest BCUT2D eigenvalue weighted by atomic mass is 32.2. The fraction of sp³-hybridized carbons (Fsp3) is 0.452. The molecule has 43 heavy (non-hydrogen) atoms. The number of furan rings is 1. The van der Waals surface area contributed by atoms with E-state index in [0.717, 1.165) is 44.6 Å². The summed E-state index contributed by atoms with van der Waals surface area (Å²) in [6.07, 6.45) is 5.51. The second kappa shape index (κ2) is 15.7. The predicted molar refractivity (Wildman–Crippen MR) is 169 cm³/mol. The third kappa shape index (κ3) is 8.70. The minimum absolute atomic E-state index is 0.0467. The number of aliphatic carboxylic acids is 1. The maximum absolute atomic E-state index is 13.5. The Morgan fingerprint density at radius 3 is 2.58 bits per heavy atom. The summed E-state index contributed by atoms with van der Waals surface area (Å²) in [5, 5.41) is 11.8. The number of nitrogens with one attached hydrogen (secondary N) is 1. The maximum atomic E-state index is 13.5. The number of likely N-dealkylation sites (N-methyl/N-ethyl adjacent to an activating group) is 1. The Hall–Kier alpha value is -3.64. The first-order valence-electron chi connectivity index (χ1n) is 14.0. The van der Waals surface area contributed by atoms with Crippen LogP contribution >= 0.6 is 24.0 Å². The lowest BCUT2D eigenvalue weighted by atomic mass is 10.0. The molecule has 1 aromatic heterocycles. The van der Waals surface area contributed by atoms with Crippen LogP contribution in [0.4, 0.5) is 0 Å². The zero-order valence-electron chi connectivity index (χ0n) is 25.0. The Bertz CT molecular complexity index is 1370. The molecule has 0 saturated heterocycles. The summed E-state index contributed by atoms with van der Waals surface area (Å²) < 4.78 is 17.3. The van der Waals surface area contributed by atoms with Crippen molar-refractivity contribution >= 4 is 58.5 Å². The van der Waals surface area contributed by atoms with Gasteiger partial charge in [0, 0.05) is 29.4 Å². The first-order valence-corrected chi connectivity index (χ1v) is 15.4. The van der Waals surface area contributed by atoms with E-state index in [-0.39, 0.29) is 23.3 Å². The molecule has 2 N–H and O–H groups in total. The van der Waals surface area contributed by atoms with Gasteiger partial charge in [0.1, 0.15) is 23.3 Å². The van der Waals surface area contributed by atoms with Crippen molar-refractivity contribution in [1.82, 2.24) is 10.2 Å². The van der Waals surface area contributed by atoms with E-state index in [1.165, 1.54) is 17.9 Å². The molecule has 0 bridgehead atoms.